The Balaban J connectivity index is 4.53. The van der Waals surface area contributed by atoms with E-state index in [2.05, 4.69) is 148 Å². The van der Waals surface area contributed by atoms with E-state index in [4.69, 9.17) is 14.2 Å². The second-order valence-corrected chi connectivity index (χ2v) is 20.6. The van der Waals surface area contributed by atoms with E-state index >= 15 is 0 Å². The molecule has 1 atom stereocenters. The number of hydrogen-bond acceptors (Lipinski definition) is 6. The van der Waals surface area contributed by atoms with Crippen LogP contribution in [0.3, 0.4) is 0 Å². The van der Waals surface area contributed by atoms with Crippen LogP contribution in [0.15, 0.2) is 134 Å². The number of carbonyl (C=O) groups is 3. The lowest BCUT2D eigenvalue weighted by Gasteiger charge is -2.18. The van der Waals surface area contributed by atoms with Crippen molar-refractivity contribution in [2.24, 2.45) is 0 Å². The normalized spacial score (nSPS) is 13.0. The van der Waals surface area contributed by atoms with Gasteiger partial charge in [0.1, 0.15) is 13.2 Å². The fourth-order valence-electron chi connectivity index (χ4n) is 8.50. The van der Waals surface area contributed by atoms with Crippen LogP contribution >= 0.6 is 0 Å². The van der Waals surface area contributed by atoms with Crippen LogP contribution in [0.25, 0.3) is 0 Å². The molecule has 0 bridgehead atoms. The molecule has 0 fully saturated rings. The molecule has 0 aliphatic rings. The van der Waals surface area contributed by atoms with Gasteiger partial charge in [0.25, 0.3) is 0 Å². The second kappa shape index (κ2) is 64.1. The molecular weight excluding hydrogens is 949 g/mol. The molecule has 6 nitrogen and oxygen atoms in total. The molecule has 0 aromatic rings. The predicted molar refractivity (Wildman–Crippen MR) is 334 cm³/mol. The van der Waals surface area contributed by atoms with Crippen molar-refractivity contribution in [3.05, 3.63) is 134 Å². The summed E-state index contributed by atoms with van der Waals surface area (Å²) in [7, 11) is 0. The Morgan fingerprint density at radius 2 is 0.532 bits per heavy atom. The molecule has 0 aliphatic heterocycles. The zero-order valence-corrected chi connectivity index (χ0v) is 49.9. The molecule has 0 spiro atoms. The van der Waals surface area contributed by atoms with E-state index < -0.39 is 12.1 Å². The third-order valence-electron chi connectivity index (χ3n) is 13.2. The molecule has 0 radical (unpaired) electrons. The van der Waals surface area contributed by atoms with Crippen molar-refractivity contribution in [3.8, 4) is 0 Å². The zero-order valence-electron chi connectivity index (χ0n) is 49.9. The predicted octanol–water partition coefficient (Wildman–Crippen LogP) is 21.8. The van der Waals surface area contributed by atoms with Gasteiger partial charge in [-0.3, -0.25) is 14.4 Å². The average molecular weight is 1070 g/mol. The Morgan fingerprint density at radius 1 is 0.273 bits per heavy atom. The first-order chi connectivity index (χ1) is 38.0. The molecule has 0 aromatic heterocycles. The fourth-order valence-corrected chi connectivity index (χ4v) is 8.50. The number of hydrogen-bond donors (Lipinski definition) is 0. The molecule has 436 valence electrons. The summed E-state index contributed by atoms with van der Waals surface area (Å²) in [4.78, 5) is 38.3. The fraction of sp³-hybridized carbons (Fsp3) is 0.648. The van der Waals surface area contributed by atoms with Crippen molar-refractivity contribution in [2.75, 3.05) is 13.2 Å². The van der Waals surface area contributed by atoms with Gasteiger partial charge in [-0.2, -0.15) is 0 Å². The summed E-state index contributed by atoms with van der Waals surface area (Å²) >= 11 is 0. The molecule has 6 heteroatoms. The standard InChI is InChI=1S/C71H116O6/c1-4-7-10-13-16-19-22-25-28-31-34-35-38-40-43-46-49-52-55-58-61-64-70(73)76-67-68(77-71(74)65-62-59-56-53-50-47-44-41-37-33-30-27-24-21-18-15-12-9-6-3)66-75-69(72)63-60-57-54-51-48-45-42-39-36-32-29-26-23-20-17-14-11-8-5-2/h7,9-10,12,16,18-19,21,25,27-28,30,34-35,37,40-41,43,47,50,56,59,68H,4-6,8,11,13-15,17,20,22-24,26,29,31-33,36,38-39,42,44-46,48-49,51-55,57-58,60-67H2,1-3H3/b10-7-,12-9-,19-16-,21-18-,28-25-,30-27-,35-34-,41-37-,43-40-,50-47-,59-56-. The highest BCUT2D eigenvalue weighted by molar-refractivity contribution is 5.71. The summed E-state index contributed by atoms with van der Waals surface area (Å²) in [5.74, 6) is -1.02. The van der Waals surface area contributed by atoms with Gasteiger partial charge in [-0.15, -0.1) is 0 Å². The molecule has 1 unspecified atom stereocenters. The average Bonchev–Trinajstić information content (AvgIpc) is 3.43. The van der Waals surface area contributed by atoms with Crippen molar-refractivity contribution in [1.82, 2.24) is 0 Å². The summed E-state index contributed by atoms with van der Waals surface area (Å²) in [6, 6.07) is 0. The first kappa shape index (κ1) is 72.5. The lowest BCUT2D eigenvalue weighted by Crippen LogP contribution is -2.30. The SMILES string of the molecule is CC/C=C\C/C=C\C/C=C\C/C=C\C/C=C\C/C=C\CCC(=O)OC(COC(=O)CCCCCCC/C=C\C/C=C\C/C=C\C/C=C\C/C=C\CC)COC(=O)CCCCCCCCCCCCCCCCCCCCC. The van der Waals surface area contributed by atoms with Gasteiger partial charge in [0.15, 0.2) is 6.10 Å². The maximum Gasteiger partial charge on any atom is 0.306 e. The van der Waals surface area contributed by atoms with Crippen molar-refractivity contribution in [3.63, 3.8) is 0 Å². The quantitative estimate of drug-likeness (QED) is 0.0261. The minimum Gasteiger partial charge on any atom is -0.462 e. The van der Waals surface area contributed by atoms with Gasteiger partial charge in [0, 0.05) is 19.3 Å². The Bertz CT molecular complexity index is 1650. The highest BCUT2D eigenvalue weighted by Gasteiger charge is 2.19. The summed E-state index contributed by atoms with van der Waals surface area (Å²) in [5.41, 5.74) is 0. The van der Waals surface area contributed by atoms with Crippen LogP contribution in [0.4, 0.5) is 0 Å². The van der Waals surface area contributed by atoms with Crippen LogP contribution in [-0.2, 0) is 28.6 Å². The number of carbonyl (C=O) groups excluding carboxylic acids is 3. The molecule has 0 saturated heterocycles. The van der Waals surface area contributed by atoms with E-state index in [0.29, 0.717) is 19.3 Å². The smallest absolute Gasteiger partial charge is 0.306 e. The van der Waals surface area contributed by atoms with E-state index in [-0.39, 0.29) is 31.6 Å². The first-order valence-corrected chi connectivity index (χ1v) is 31.7. The van der Waals surface area contributed by atoms with E-state index in [1.165, 1.54) is 103 Å². The van der Waals surface area contributed by atoms with E-state index in [9.17, 15) is 14.4 Å². The summed E-state index contributed by atoms with van der Waals surface area (Å²) in [6.07, 6.45) is 90.3. The summed E-state index contributed by atoms with van der Waals surface area (Å²) in [6.45, 7) is 6.35. The Kier molecular flexibility index (Phi) is 60.4. The topological polar surface area (TPSA) is 78.9 Å². The van der Waals surface area contributed by atoms with Crippen molar-refractivity contribution in [2.45, 2.75) is 284 Å². The number of allylic oxidation sites excluding steroid dienone is 22. The van der Waals surface area contributed by atoms with E-state index in [1.54, 1.807) is 0 Å². The molecule has 0 N–H and O–H groups in total. The monoisotopic (exact) mass is 1060 g/mol. The summed E-state index contributed by atoms with van der Waals surface area (Å²) in [5, 5.41) is 0. The van der Waals surface area contributed by atoms with Crippen LogP contribution in [0.2, 0.25) is 0 Å². The number of rotatable bonds is 56. The van der Waals surface area contributed by atoms with Crippen molar-refractivity contribution in [1.29, 1.82) is 0 Å². The van der Waals surface area contributed by atoms with Crippen LogP contribution in [0, 0.1) is 0 Å². The highest BCUT2D eigenvalue weighted by atomic mass is 16.6. The van der Waals surface area contributed by atoms with Gasteiger partial charge in [-0.25, -0.2) is 0 Å². The highest BCUT2D eigenvalue weighted by Crippen LogP contribution is 2.16. The van der Waals surface area contributed by atoms with Gasteiger partial charge in [-0.1, -0.05) is 289 Å². The lowest BCUT2D eigenvalue weighted by atomic mass is 10.0. The number of esters is 3. The Hall–Kier alpha value is -4.45. The molecule has 0 rings (SSSR count). The van der Waals surface area contributed by atoms with Gasteiger partial charge in [0.2, 0.25) is 0 Å². The number of ether oxygens (including phenoxy) is 3. The minimum atomic E-state index is -0.832. The van der Waals surface area contributed by atoms with Crippen molar-refractivity contribution >= 4 is 17.9 Å². The van der Waals surface area contributed by atoms with Crippen LogP contribution in [0.5, 0.6) is 0 Å². The van der Waals surface area contributed by atoms with E-state index in [1.807, 2.05) is 6.08 Å². The van der Waals surface area contributed by atoms with Crippen molar-refractivity contribution < 1.29 is 28.6 Å². The molecule has 77 heavy (non-hydrogen) atoms. The molecule has 0 aromatic carbocycles. The first-order valence-electron chi connectivity index (χ1n) is 31.7. The van der Waals surface area contributed by atoms with Crippen LogP contribution < -0.4 is 0 Å². The minimum absolute atomic E-state index is 0.116. The maximum absolute atomic E-state index is 12.9. The third kappa shape index (κ3) is 62.3. The van der Waals surface area contributed by atoms with Gasteiger partial charge >= 0.3 is 17.9 Å². The number of unbranched alkanes of at least 4 members (excludes halogenated alkanes) is 23. The van der Waals surface area contributed by atoms with Crippen LogP contribution in [-0.4, -0.2) is 37.2 Å². The largest absolute Gasteiger partial charge is 0.462 e. The maximum atomic E-state index is 12.9. The second-order valence-electron chi connectivity index (χ2n) is 20.6. The third-order valence-corrected chi connectivity index (χ3v) is 13.2. The van der Waals surface area contributed by atoms with Gasteiger partial charge in [0.05, 0.1) is 0 Å². The lowest BCUT2D eigenvalue weighted by molar-refractivity contribution is -0.166. The Labute approximate surface area is 475 Å². The molecular formula is C71H116O6. The molecule has 0 amide bonds. The Morgan fingerprint density at radius 3 is 0.844 bits per heavy atom. The molecule has 0 aliphatic carbocycles. The molecule has 0 heterocycles. The summed E-state index contributed by atoms with van der Waals surface area (Å²) < 4.78 is 16.8. The molecule has 0 saturated carbocycles. The zero-order chi connectivity index (χ0) is 55.7. The van der Waals surface area contributed by atoms with Gasteiger partial charge in [-0.05, 0) is 103 Å². The van der Waals surface area contributed by atoms with Gasteiger partial charge < -0.3 is 14.2 Å². The van der Waals surface area contributed by atoms with E-state index in [0.717, 1.165) is 128 Å². The van der Waals surface area contributed by atoms with Crippen LogP contribution in [0.1, 0.15) is 278 Å².